The summed E-state index contributed by atoms with van der Waals surface area (Å²) in [6.07, 6.45) is 8.10. The lowest BCUT2D eigenvalue weighted by molar-refractivity contribution is 0.0950. The average Bonchev–Trinajstić information content (AvgIpc) is 3.05. The Kier molecular flexibility index (Phi) is 3.54. The Morgan fingerprint density at radius 3 is 3.05 bits per heavy atom. The summed E-state index contributed by atoms with van der Waals surface area (Å²) in [6.45, 7) is 2.98. The molecule has 0 aliphatic heterocycles. The van der Waals surface area contributed by atoms with Gasteiger partial charge in [-0.1, -0.05) is 5.16 Å². The fraction of sp³-hybridized carbons (Fsp3) is 0.500. The normalized spacial score (nSPS) is 14.1. The Labute approximate surface area is 117 Å². The zero-order chi connectivity index (χ0) is 13.9. The third kappa shape index (κ3) is 2.45. The molecule has 6 nitrogen and oxygen atoms in total. The Hall–Kier alpha value is -2.11. The highest BCUT2D eigenvalue weighted by atomic mass is 16.5. The van der Waals surface area contributed by atoms with Gasteiger partial charge in [-0.3, -0.25) is 9.48 Å². The zero-order valence-corrected chi connectivity index (χ0v) is 11.6. The topological polar surface area (TPSA) is 73.0 Å². The number of nitrogens with zero attached hydrogens (tertiary/aromatic N) is 3. The molecular formula is C14H18N4O2. The first-order valence-corrected chi connectivity index (χ1v) is 6.99. The number of carbonyl (C=O) groups is 1. The number of amides is 1. The zero-order valence-electron chi connectivity index (χ0n) is 11.6. The van der Waals surface area contributed by atoms with Crippen molar-refractivity contribution in [3.8, 4) is 0 Å². The SMILES string of the molecule is Cc1oncc1C(=O)NCCn1ncc2c1CCCC2. The Morgan fingerprint density at radius 2 is 2.25 bits per heavy atom. The third-order valence-electron chi connectivity index (χ3n) is 3.75. The van der Waals surface area contributed by atoms with Gasteiger partial charge in [-0.15, -0.1) is 0 Å². The number of rotatable bonds is 4. The fourth-order valence-electron chi connectivity index (χ4n) is 2.64. The van der Waals surface area contributed by atoms with Crippen LogP contribution in [0.4, 0.5) is 0 Å². The van der Waals surface area contributed by atoms with Gasteiger partial charge in [-0.25, -0.2) is 0 Å². The molecule has 2 aromatic rings. The van der Waals surface area contributed by atoms with E-state index in [4.69, 9.17) is 4.52 Å². The standard InChI is InChI=1S/C14H18N4O2/c1-10-12(9-17-20-10)14(19)15-6-7-18-13-5-3-2-4-11(13)8-16-18/h8-9H,2-7H2,1H3,(H,15,19). The van der Waals surface area contributed by atoms with E-state index in [0.717, 1.165) is 12.8 Å². The van der Waals surface area contributed by atoms with Crippen LogP contribution in [0.1, 0.15) is 40.2 Å². The van der Waals surface area contributed by atoms with E-state index >= 15 is 0 Å². The van der Waals surface area contributed by atoms with Gasteiger partial charge in [0.25, 0.3) is 5.91 Å². The predicted octanol–water partition coefficient (Wildman–Crippen LogP) is 1.49. The van der Waals surface area contributed by atoms with Crippen molar-refractivity contribution in [2.75, 3.05) is 6.54 Å². The lowest BCUT2D eigenvalue weighted by Crippen LogP contribution is -2.28. The molecule has 1 aliphatic carbocycles. The van der Waals surface area contributed by atoms with Gasteiger partial charge in [0.1, 0.15) is 11.3 Å². The number of fused-ring (bicyclic) bond motifs is 1. The van der Waals surface area contributed by atoms with E-state index in [-0.39, 0.29) is 5.91 Å². The van der Waals surface area contributed by atoms with Gasteiger partial charge in [0, 0.05) is 12.2 Å². The summed E-state index contributed by atoms with van der Waals surface area (Å²) in [5, 5.41) is 10.9. The van der Waals surface area contributed by atoms with Crippen LogP contribution >= 0.6 is 0 Å². The van der Waals surface area contributed by atoms with Gasteiger partial charge in [-0.05, 0) is 38.2 Å². The van der Waals surface area contributed by atoms with Crippen molar-refractivity contribution in [3.05, 3.63) is 35.0 Å². The van der Waals surface area contributed by atoms with Crippen LogP contribution in [-0.2, 0) is 19.4 Å². The smallest absolute Gasteiger partial charge is 0.256 e. The van der Waals surface area contributed by atoms with Gasteiger partial charge in [-0.2, -0.15) is 5.10 Å². The van der Waals surface area contributed by atoms with Crippen LogP contribution in [0.2, 0.25) is 0 Å². The second kappa shape index (κ2) is 5.48. The summed E-state index contributed by atoms with van der Waals surface area (Å²) in [6, 6.07) is 0. The van der Waals surface area contributed by atoms with Gasteiger partial charge in [0.15, 0.2) is 0 Å². The van der Waals surface area contributed by atoms with Gasteiger partial charge in [0.2, 0.25) is 0 Å². The Morgan fingerprint density at radius 1 is 1.40 bits per heavy atom. The van der Waals surface area contributed by atoms with E-state index in [9.17, 15) is 4.79 Å². The molecule has 0 atom stereocenters. The van der Waals surface area contributed by atoms with Gasteiger partial charge < -0.3 is 9.84 Å². The Balaban J connectivity index is 1.57. The second-order valence-electron chi connectivity index (χ2n) is 5.10. The molecule has 0 unspecified atom stereocenters. The van der Waals surface area contributed by atoms with Crippen LogP contribution in [0.3, 0.4) is 0 Å². The molecule has 2 aromatic heterocycles. The molecule has 0 bridgehead atoms. The van der Waals surface area contributed by atoms with Crippen molar-refractivity contribution in [1.82, 2.24) is 20.3 Å². The largest absolute Gasteiger partial charge is 0.361 e. The molecule has 6 heteroatoms. The maximum Gasteiger partial charge on any atom is 0.256 e. The molecule has 1 N–H and O–H groups in total. The minimum Gasteiger partial charge on any atom is -0.361 e. The molecule has 106 valence electrons. The van der Waals surface area contributed by atoms with Crippen LogP contribution in [0.5, 0.6) is 0 Å². The monoisotopic (exact) mass is 274 g/mol. The van der Waals surface area contributed by atoms with E-state index in [1.54, 1.807) is 6.92 Å². The van der Waals surface area contributed by atoms with Crippen LogP contribution in [-0.4, -0.2) is 27.4 Å². The van der Waals surface area contributed by atoms with Gasteiger partial charge in [0.05, 0.1) is 18.9 Å². The van der Waals surface area contributed by atoms with Crippen molar-refractivity contribution in [2.45, 2.75) is 39.2 Å². The molecule has 0 radical (unpaired) electrons. The fourth-order valence-corrected chi connectivity index (χ4v) is 2.64. The van der Waals surface area contributed by atoms with Crippen molar-refractivity contribution < 1.29 is 9.32 Å². The molecule has 20 heavy (non-hydrogen) atoms. The highest BCUT2D eigenvalue weighted by molar-refractivity contribution is 5.94. The molecule has 2 heterocycles. The molecule has 3 rings (SSSR count). The van der Waals surface area contributed by atoms with E-state index in [1.807, 2.05) is 10.9 Å². The molecule has 0 aromatic carbocycles. The first-order valence-electron chi connectivity index (χ1n) is 6.99. The van der Waals surface area contributed by atoms with Crippen LogP contribution in [0.25, 0.3) is 0 Å². The first-order chi connectivity index (χ1) is 9.75. The van der Waals surface area contributed by atoms with Crippen LogP contribution < -0.4 is 5.32 Å². The van der Waals surface area contributed by atoms with Crippen molar-refractivity contribution in [3.63, 3.8) is 0 Å². The van der Waals surface area contributed by atoms with Crippen LogP contribution in [0, 0.1) is 6.92 Å². The van der Waals surface area contributed by atoms with E-state index in [1.165, 1.54) is 30.3 Å². The lowest BCUT2D eigenvalue weighted by Gasteiger charge is -2.14. The second-order valence-corrected chi connectivity index (χ2v) is 5.10. The van der Waals surface area contributed by atoms with Crippen LogP contribution in [0.15, 0.2) is 16.9 Å². The quantitative estimate of drug-likeness (QED) is 0.916. The maximum absolute atomic E-state index is 11.9. The van der Waals surface area contributed by atoms with Crippen molar-refractivity contribution >= 4 is 5.91 Å². The average molecular weight is 274 g/mol. The number of carbonyl (C=O) groups excluding carboxylic acids is 1. The number of aromatic nitrogens is 3. The number of hydrogen-bond acceptors (Lipinski definition) is 4. The number of aryl methyl sites for hydroxylation is 2. The summed E-state index contributed by atoms with van der Waals surface area (Å²) < 4.78 is 6.89. The maximum atomic E-state index is 11.9. The molecule has 1 aliphatic rings. The molecule has 1 amide bonds. The molecule has 0 spiro atoms. The Bertz CT molecular complexity index is 614. The van der Waals surface area contributed by atoms with Gasteiger partial charge >= 0.3 is 0 Å². The first kappa shape index (κ1) is 12.9. The summed E-state index contributed by atoms with van der Waals surface area (Å²) in [5.41, 5.74) is 3.18. The molecular weight excluding hydrogens is 256 g/mol. The van der Waals surface area contributed by atoms with Crippen molar-refractivity contribution in [2.24, 2.45) is 0 Å². The highest BCUT2D eigenvalue weighted by Crippen LogP contribution is 2.20. The number of hydrogen-bond donors (Lipinski definition) is 1. The highest BCUT2D eigenvalue weighted by Gasteiger charge is 2.15. The minimum absolute atomic E-state index is 0.148. The minimum atomic E-state index is -0.148. The third-order valence-corrected chi connectivity index (χ3v) is 3.75. The summed E-state index contributed by atoms with van der Waals surface area (Å²) in [7, 11) is 0. The predicted molar refractivity (Wildman–Crippen MR) is 72.4 cm³/mol. The molecule has 0 fully saturated rings. The summed E-state index contributed by atoms with van der Waals surface area (Å²) in [5.74, 6) is 0.392. The number of nitrogens with one attached hydrogen (secondary N) is 1. The van der Waals surface area contributed by atoms with Crippen molar-refractivity contribution in [1.29, 1.82) is 0 Å². The molecule has 0 saturated carbocycles. The van der Waals surface area contributed by atoms with E-state index in [0.29, 0.717) is 24.4 Å². The summed E-state index contributed by atoms with van der Waals surface area (Å²) >= 11 is 0. The van der Waals surface area contributed by atoms with E-state index in [2.05, 4.69) is 15.6 Å². The summed E-state index contributed by atoms with van der Waals surface area (Å²) in [4.78, 5) is 11.9. The van der Waals surface area contributed by atoms with E-state index < -0.39 is 0 Å². The lowest BCUT2D eigenvalue weighted by atomic mass is 9.98. The molecule has 0 saturated heterocycles.